The third-order valence-corrected chi connectivity index (χ3v) is 4.89. The Morgan fingerprint density at radius 1 is 1.00 bits per heavy atom. The van der Waals surface area contributed by atoms with Crippen LogP contribution >= 0.6 is 0 Å². The molecule has 1 heterocycles. The summed E-state index contributed by atoms with van der Waals surface area (Å²) >= 11 is 0. The minimum atomic E-state index is -0.767. The molecular weight excluding hydrogens is 410 g/mol. The number of furan rings is 1. The molecule has 2 aromatic rings. The maximum Gasteiger partial charge on any atom is 0.408 e. The smallest absolute Gasteiger partial charge is 0.408 e. The first kappa shape index (κ1) is 25.2. The first-order chi connectivity index (χ1) is 14.9. The lowest BCUT2D eigenvalue weighted by Gasteiger charge is -2.28. The maximum absolute atomic E-state index is 12.9. The number of hydrogen-bond acceptors (Lipinski definition) is 5. The lowest BCUT2D eigenvalue weighted by molar-refractivity contribution is -0.125. The van der Waals surface area contributed by atoms with Gasteiger partial charge < -0.3 is 25.1 Å². The van der Waals surface area contributed by atoms with E-state index >= 15 is 0 Å². The molecule has 1 aromatic carbocycles. The van der Waals surface area contributed by atoms with Crippen LogP contribution in [-0.4, -0.2) is 42.1 Å². The first-order valence-electron chi connectivity index (χ1n) is 10.9. The van der Waals surface area contributed by atoms with Gasteiger partial charge in [0.15, 0.2) is 5.76 Å². The van der Waals surface area contributed by atoms with Gasteiger partial charge in [-0.3, -0.25) is 9.59 Å². The van der Waals surface area contributed by atoms with Crippen molar-refractivity contribution in [2.75, 3.05) is 6.54 Å². The number of carbonyl (C=O) groups excluding carboxylic acids is 3. The van der Waals surface area contributed by atoms with Crippen molar-refractivity contribution >= 4 is 28.9 Å². The number of ether oxygens (including phenoxy) is 1. The number of benzene rings is 1. The average Bonchev–Trinajstić information content (AvgIpc) is 3.11. The van der Waals surface area contributed by atoms with Gasteiger partial charge in [-0.1, -0.05) is 45.9 Å². The van der Waals surface area contributed by atoms with E-state index in [4.69, 9.17) is 9.15 Å². The van der Waals surface area contributed by atoms with Gasteiger partial charge in [0.1, 0.15) is 17.2 Å². The molecule has 2 rings (SSSR count). The van der Waals surface area contributed by atoms with Crippen LogP contribution in [0.4, 0.5) is 4.79 Å². The predicted molar refractivity (Wildman–Crippen MR) is 123 cm³/mol. The molecule has 0 aliphatic rings. The zero-order chi connectivity index (χ0) is 24.1. The number of nitrogens with one attached hydrogen (secondary N) is 3. The lowest BCUT2D eigenvalue weighted by atomic mass is 10.00. The maximum atomic E-state index is 12.9. The van der Waals surface area contributed by atoms with E-state index in [1.165, 1.54) is 0 Å². The van der Waals surface area contributed by atoms with Crippen LogP contribution in [0.25, 0.3) is 11.0 Å². The number of amides is 3. The second-order valence-electron chi connectivity index (χ2n) is 9.59. The Bertz CT molecular complexity index is 910. The molecule has 8 heteroatoms. The zero-order valence-electron chi connectivity index (χ0n) is 19.9. The average molecular weight is 446 g/mol. The van der Waals surface area contributed by atoms with E-state index in [9.17, 15) is 14.4 Å². The van der Waals surface area contributed by atoms with E-state index in [1.54, 1.807) is 32.9 Å². The van der Waals surface area contributed by atoms with Crippen LogP contribution in [0.15, 0.2) is 34.7 Å². The number of fused-ring (bicyclic) bond motifs is 1. The molecule has 0 aliphatic carbocycles. The molecule has 0 saturated heterocycles. The Morgan fingerprint density at radius 2 is 1.66 bits per heavy atom. The van der Waals surface area contributed by atoms with Crippen LogP contribution in [0.5, 0.6) is 0 Å². The van der Waals surface area contributed by atoms with Crippen molar-refractivity contribution in [1.82, 2.24) is 16.0 Å². The molecule has 0 fully saturated rings. The van der Waals surface area contributed by atoms with Crippen LogP contribution in [0.1, 0.15) is 59.0 Å². The van der Waals surface area contributed by atoms with E-state index in [0.29, 0.717) is 5.58 Å². The van der Waals surface area contributed by atoms with Crippen LogP contribution < -0.4 is 16.0 Å². The van der Waals surface area contributed by atoms with Gasteiger partial charge in [-0.25, -0.2) is 4.79 Å². The van der Waals surface area contributed by atoms with Gasteiger partial charge in [-0.05, 0) is 44.7 Å². The lowest BCUT2D eigenvalue weighted by Crippen LogP contribution is -2.55. The molecular formula is C24H35N3O5. The van der Waals surface area contributed by atoms with E-state index in [2.05, 4.69) is 16.0 Å². The summed E-state index contributed by atoms with van der Waals surface area (Å²) in [5, 5.41) is 9.27. The van der Waals surface area contributed by atoms with Gasteiger partial charge >= 0.3 is 6.09 Å². The van der Waals surface area contributed by atoms with Gasteiger partial charge in [-0.15, -0.1) is 0 Å². The van der Waals surface area contributed by atoms with Gasteiger partial charge in [0.2, 0.25) is 5.91 Å². The molecule has 0 aliphatic heterocycles. The molecule has 0 unspecified atom stereocenters. The second-order valence-corrected chi connectivity index (χ2v) is 9.59. The molecule has 3 amide bonds. The number of hydrogen-bond donors (Lipinski definition) is 3. The molecule has 0 saturated carbocycles. The summed E-state index contributed by atoms with van der Waals surface area (Å²) in [6, 6.07) is 7.97. The fraction of sp³-hybridized carbons (Fsp3) is 0.542. The summed E-state index contributed by atoms with van der Waals surface area (Å²) < 4.78 is 10.9. The zero-order valence-corrected chi connectivity index (χ0v) is 19.9. The molecule has 176 valence electrons. The van der Waals surface area contributed by atoms with E-state index in [-0.39, 0.29) is 42.0 Å². The fourth-order valence-corrected chi connectivity index (χ4v) is 3.08. The molecule has 2 atom stereocenters. The summed E-state index contributed by atoms with van der Waals surface area (Å²) in [6.45, 7) is 13.1. The molecule has 3 N–H and O–H groups in total. The molecule has 32 heavy (non-hydrogen) atoms. The summed E-state index contributed by atoms with van der Waals surface area (Å²) in [5.41, 5.74) is -0.0249. The van der Waals surface area contributed by atoms with Crippen LogP contribution in [0.3, 0.4) is 0 Å². The van der Waals surface area contributed by atoms with Crippen molar-refractivity contribution in [3.63, 3.8) is 0 Å². The predicted octanol–water partition coefficient (Wildman–Crippen LogP) is 3.85. The molecule has 8 nitrogen and oxygen atoms in total. The normalized spacial score (nSPS) is 13.7. The van der Waals surface area contributed by atoms with Crippen molar-refractivity contribution in [2.24, 2.45) is 11.8 Å². The quantitative estimate of drug-likeness (QED) is 0.572. The van der Waals surface area contributed by atoms with Gasteiger partial charge in [0.05, 0.1) is 0 Å². The summed E-state index contributed by atoms with van der Waals surface area (Å²) in [5.74, 6) is -0.577. The highest BCUT2D eigenvalue weighted by atomic mass is 16.6. The molecule has 0 bridgehead atoms. The minimum absolute atomic E-state index is 0.0456. The summed E-state index contributed by atoms with van der Waals surface area (Å²) in [4.78, 5) is 37.6. The van der Waals surface area contributed by atoms with Gasteiger partial charge in [0.25, 0.3) is 5.91 Å². The minimum Gasteiger partial charge on any atom is -0.451 e. The standard InChI is InChI=1S/C24H35N3O5/c1-14(2)17(13-25-21(28)19-12-16-10-8-9-11-18(16)31-19)26-22(29)20(15(3)4)27-23(30)32-24(5,6)7/h8-12,14-15,17,20H,13H2,1-7H3,(H,25,28)(H,26,29)(H,27,30)/t17-,20+/m1/s1. The Kier molecular flexibility index (Phi) is 8.30. The highest BCUT2D eigenvalue weighted by molar-refractivity contribution is 5.96. The number of rotatable bonds is 8. The van der Waals surface area contributed by atoms with E-state index in [0.717, 1.165) is 5.39 Å². The molecule has 0 spiro atoms. The Balaban J connectivity index is 2.00. The third-order valence-electron chi connectivity index (χ3n) is 4.89. The number of alkyl carbamates (subject to hydrolysis) is 1. The SMILES string of the molecule is CC(C)[C@H](NC(=O)OC(C)(C)C)C(=O)N[C@H](CNC(=O)c1cc2ccccc2o1)C(C)C. The van der Waals surface area contributed by atoms with Crippen LogP contribution in [0.2, 0.25) is 0 Å². The summed E-state index contributed by atoms with van der Waals surface area (Å²) in [7, 11) is 0. The van der Waals surface area contributed by atoms with E-state index < -0.39 is 17.7 Å². The Hall–Kier alpha value is -3.03. The van der Waals surface area contributed by atoms with Crippen molar-refractivity contribution in [2.45, 2.75) is 66.2 Å². The second kappa shape index (κ2) is 10.5. The Morgan fingerprint density at radius 3 is 2.22 bits per heavy atom. The van der Waals surface area contributed by atoms with Gasteiger partial charge in [-0.2, -0.15) is 0 Å². The van der Waals surface area contributed by atoms with Gasteiger partial charge in [0, 0.05) is 18.0 Å². The van der Waals surface area contributed by atoms with Crippen molar-refractivity contribution in [3.05, 3.63) is 36.1 Å². The van der Waals surface area contributed by atoms with Crippen molar-refractivity contribution < 1.29 is 23.5 Å². The third kappa shape index (κ3) is 7.28. The van der Waals surface area contributed by atoms with Crippen molar-refractivity contribution in [3.8, 4) is 0 Å². The fourth-order valence-electron chi connectivity index (χ4n) is 3.08. The van der Waals surface area contributed by atoms with E-state index in [1.807, 2.05) is 45.9 Å². The molecule has 1 aromatic heterocycles. The highest BCUT2D eigenvalue weighted by Gasteiger charge is 2.29. The summed E-state index contributed by atoms with van der Waals surface area (Å²) in [6.07, 6.45) is -0.648. The Labute approximate surface area is 189 Å². The number of carbonyl (C=O) groups is 3. The van der Waals surface area contributed by atoms with Crippen LogP contribution in [-0.2, 0) is 9.53 Å². The topological polar surface area (TPSA) is 110 Å². The highest BCUT2D eigenvalue weighted by Crippen LogP contribution is 2.18. The van der Waals surface area contributed by atoms with Crippen LogP contribution in [0, 0.1) is 11.8 Å². The number of para-hydroxylation sites is 1. The largest absolute Gasteiger partial charge is 0.451 e. The first-order valence-corrected chi connectivity index (χ1v) is 10.9. The monoisotopic (exact) mass is 445 g/mol. The van der Waals surface area contributed by atoms with Crippen molar-refractivity contribution in [1.29, 1.82) is 0 Å². The molecule has 0 radical (unpaired) electrons.